The molecule has 8 rings (SSSR count). The molecule has 4 N–H and O–H groups in total. The van der Waals surface area contributed by atoms with Crippen molar-refractivity contribution in [3.05, 3.63) is 11.1 Å². The lowest BCUT2D eigenvalue weighted by Crippen LogP contribution is -2.66. The Balaban J connectivity index is 1.17. The third-order valence-corrected chi connectivity index (χ3v) is 15.1. The topological polar surface area (TPSA) is 126 Å². The lowest BCUT2D eigenvalue weighted by molar-refractivity contribution is -0.330. The van der Waals surface area contributed by atoms with Crippen molar-refractivity contribution in [3.63, 3.8) is 0 Å². The number of hydrogen-bond acceptors (Lipinski definition) is 8. The number of hydrogen-bond donors (Lipinski definition) is 4. The molecule has 5 aliphatic carbocycles. The van der Waals surface area contributed by atoms with Gasteiger partial charge < -0.3 is 34.6 Å². The molecule has 43 heavy (non-hydrogen) atoms. The van der Waals surface area contributed by atoms with E-state index in [1.807, 2.05) is 0 Å². The predicted molar refractivity (Wildman–Crippen MR) is 158 cm³/mol. The minimum atomic E-state index is -1.44. The molecule has 242 valence electrons. The first-order valence-corrected chi connectivity index (χ1v) is 17.0. The second-order valence-electron chi connectivity index (χ2n) is 17.2. The fourth-order valence-corrected chi connectivity index (χ4v) is 12.4. The molecule has 1 spiro atoms. The van der Waals surface area contributed by atoms with Gasteiger partial charge in [-0.2, -0.15) is 0 Å². The number of carbonyl (C=O) groups is 1. The molecule has 4 saturated carbocycles. The van der Waals surface area contributed by atoms with Crippen LogP contribution in [0, 0.1) is 38.9 Å². The van der Waals surface area contributed by atoms with Crippen molar-refractivity contribution in [1.29, 1.82) is 0 Å². The smallest absolute Gasteiger partial charge is 0.316 e. The number of aliphatic hydroxyl groups is 4. The van der Waals surface area contributed by atoms with E-state index in [9.17, 15) is 25.2 Å². The van der Waals surface area contributed by atoms with Gasteiger partial charge >= 0.3 is 5.97 Å². The number of fused-ring (bicyclic) bond motifs is 7. The quantitative estimate of drug-likeness (QED) is 0.213. The summed E-state index contributed by atoms with van der Waals surface area (Å²) >= 11 is 0. The summed E-state index contributed by atoms with van der Waals surface area (Å²) in [5, 5.41) is 41.0. The molecule has 8 nitrogen and oxygen atoms in total. The van der Waals surface area contributed by atoms with Crippen LogP contribution in [0.1, 0.15) is 112 Å². The molecule has 2 bridgehead atoms. The van der Waals surface area contributed by atoms with E-state index in [-0.39, 0.29) is 44.7 Å². The Morgan fingerprint density at radius 1 is 0.814 bits per heavy atom. The number of esters is 1. The molecular weight excluding hydrogens is 548 g/mol. The number of rotatable bonds is 3. The van der Waals surface area contributed by atoms with Gasteiger partial charge in [0.15, 0.2) is 6.29 Å². The number of aliphatic hydroxyl groups excluding tert-OH is 4. The van der Waals surface area contributed by atoms with E-state index in [1.165, 1.54) is 5.57 Å². The number of ether oxygens (including phenoxy) is 3. The van der Waals surface area contributed by atoms with Gasteiger partial charge in [-0.25, -0.2) is 0 Å². The van der Waals surface area contributed by atoms with Crippen LogP contribution < -0.4 is 0 Å². The molecule has 3 saturated heterocycles. The molecule has 3 heterocycles. The van der Waals surface area contributed by atoms with Crippen LogP contribution in [-0.4, -0.2) is 75.4 Å². The van der Waals surface area contributed by atoms with Gasteiger partial charge in [-0.15, -0.1) is 0 Å². The van der Waals surface area contributed by atoms with E-state index in [0.29, 0.717) is 11.8 Å². The van der Waals surface area contributed by atoms with Crippen LogP contribution in [0.25, 0.3) is 0 Å². The van der Waals surface area contributed by atoms with Crippen molar-refractivity contribution in [2.45, 2.75) is 155 Å². The minimum Gasteiger partial charge on any atom is -0.458 e. The van der Waals surface area contributed by atoms with Crippen molar-refractivity contribution < 1.29 is 39.4 Å². The summed E-state index contributed by atoms with van der Waals surface area (Å²) in [4.78, 5) is 13.4. The fourth-order valence-electron chi connectivity index (χ4n) is 12.4. The van der Waals surface area contributed by atoms with Crippen molar-refractivity contribution in [3.8, 4) is 0 Å². The molecule has 0 radical (unpaired) electrons. The lowest BCUT2D eigenvalue weighted by atomic mass is 9.34. The maximum absolute atomic E-state index is 13.4. The second kappa shape index (κ2) is 9.51. The van der Waals surface area contributed by atoms with Crippen molar-refractivity contribution in [2.24, 2.45) is 38.9 Å². The largest absolute Gasteiger partial charge is 0.458 e. The normalized spacial score (nSPS) is 55.5. The number of carbonyl (C=O) groups excluding carboxylic acids is 1. The Hall–Kier alpha value is -1.03. The highest BCUT2D eigenvalue weighted by Crippen LogP contribution is 2.76. The summed E-state index contributed by atoms with van der Waals surface area (Å²) in [5.41, 5.74) is 2.47. The predicted octanol–water partition coefficient (Wildman–Crippen LogP) is 4.41. The molecule has 0 aromatic rings. The van der Waals surface area contributed by atoms with Crippen LogP contribution in [0.15, 0.2) is 11.1 Å². The Morgan fingerprint density at radius 3 is 2.23 bits per heavy atom. The maximum Gasteiger partial charge on any atom is 0.316 e. The van der Waals surface area contributed by atoms with Crippen LogP contribution in [-0.2, 0) is 19.0 Å². The van der Waals surface area contributed by atoms with Gasteiger partial charge in [0.25, 0.3) is 0 Å². The molecule has 0 amide bonds. The van der Waals surface area contributed by atoms with Gasteiger partial charge in [0.1, 0.15) is 30.0 Å². The molecule has 0 aromatic carbocycles. The summed E-state index contributed by atoms with van der Waals surface area (Å²) in [5.74, 6) is 1.01. The van der Waals surface area contributed by atoms with Crippen molar-refractivity contribution in [1.82, 2.24) is 0 Å². The van der Waals surface area contributed by atoms with E-state index >= 15 is 0 Å². The summed E-state index contributed by atoms with van der Waals surface area (Å²) in [6, 6.07) is 0. The summed E-state index contributed by atoms with van der Waals surface area (Å²) < 4.78 is 18.3. The monoisotopic (exact) mass is 602 g/mol. The molecule has 8 aliphatic rings. The van der Waals surface area contributed by atoms with E-state index in [4.69, 9.17) is 14.2 Å². The third-order valence-electron chi connectivity index (χ3n) is 15.1. The first-order chi connectivity index (χ1) is 20.1. The van der Waals surface area contributed by atoms with Crippen LogP contribution in [0.4, 0.5) is 0 Å². The zero-order chi connectivity index (χ0) is 31.0. The SMILES string of the molecule is CC1(C)[C@@H](O[C@H]2O[C@@H](CO)[C@@H](O)[C@@H](O)[C@H]2O)CC[C@]2(C)[C@@H]1CC[C@]1(C)[C@@H]2CCC2=C3C[C@]4(C)CC[C@@]3(CC[C@@]21C)C(=O)O4. The van der Waals surface area contributed by atoms with E-state index in [2.05, 4.69) is 41.5 Å². The highest BCUT2D eigenvalue weighted by atomic mass is 16.7. The lowest BCUT2D eigenvalue weighted by Gasteiger charge is -2.71. The number of allylic oxidation sites excluding steroid dienone is 1. The van der Waals surface area contributed by atoms with Gasteiger partial charge in [0, 0.05) is 6.42 Å². The van der Waals surface area contributed by atoms with Gasteiger partial charge in [-0.3, -0.25) is 4.79 Å². The highest BCUT2D eigenvalue weighted by Gasteiger charge is 2.70. The maximum atomic E-state index is 13.4. The van der Waals surface area contributed by atoms with Gasteiger partial charge in [0.2, 0.25) is 0 Å². The molecular formula is C35H54O8. The molecule has 7 fully saturated rings. The molecule has 13 atom stereocenters. The third kappa shape index (κ3) is 3.86. The fraction of sp³-hybridized carbons (Fsp3) is 0.914. The Bertz CT molecular complexity index is 1210. The molecule has 8 heteroatoms. The van der Waals surface area contributed by atoms with E-state index < -0.39 is 37.3 Å². The molecule has 0 unspecified atom stereocenters. The zero-order valence-electron chi connectivity index (χ0n) is 27.0. The van der Waals surface area contributed by atoms with Crippen molar-refractivity contribution >= 4 is 5.97 Å². The minimum absolute atomic E-state index is 0.0412. The standard InChI is InChI=1S/C35H54O8/c1-30(2)22-9-12-34(6)23(32(22,4)11-10-24(30)42-28-27(39)26(38)25(37)21(18-36)41-28)8-7-19-20-17-31(3)13-15-35(20,29(40)43-31)16-14-33(19,34)5/h21-28,36-39H,7-18H2,1-6H3/t21-,22+,23+,24-,25+,26+,27+,28+,31-,32+,33-,34+,35-/m0/s1. The summed E-state index contributed by atoms with van der Waals surface area (Å²) in [6.07, 6.45) is 4.61. The first-order valence-electron chi connectivity index (χ1n) is 17.0. The summed E-state index contributed by atoms with van der Waals surface area (Å²) in [6.45, 7) is 13.9. The van der Waals surface area contributed by atoms with Crippen LogP contribution in [0.2, 0.25) is 0 Å². The van der Waals surface area contributed by atoms with E-state index in [0.717, 1.165) is 70.6 Å². The van der Waals surface area contributed by atoms with E-state index in [1.54, 1.807) is 5.57 Å². The second-order valence-corrected chi connectivity index (χ2v) is 17.2. The van der Waals surface area contributed by atoms with Crippen LogP contribution in [0.5, 0.6) is 0 Å². The molecule has 0 aromatic heterocycles. The first kappa shape index (κ1) is 30.6. The Morgan fingerprint density at radius 2 is 1.53 bits per heavy atom. The van der Waals surface area contributed by atoms with Gasteiger partial charge in [0.05, 0.1) is 18.1 Å². The zero-order valence-corrected chi connectivity index (χ0v) is 27.0. The Labute approximate surface area is 256 Å². The Kier molecular flexibility index (Phi) is 6.77. The van der Waals surface area contributed by atoms with Crippen LogP contribution >= 0.6 is 0 Å². The van der Waals surface area contributed by atoms with Crippen LogP contribution in [0.3, 0.4) is 0 Å². The van der Waals surface area contributed by atoms with Crippen molar-refractivity contribution in [2.75, 3.05) is 6.61 Å². The van der Waals surface area contributed by atoms with Gasteiger partial charge in [-0.1, -0.05) is 40.2 Å². The average molecular weight is 603 g/mol. The highest BCUT2D eigenvalue weighted by molar-refractivity contribution is 5.84. The average Bonchev–Trinajstić information content (AvgIpc) is 2.94. The van der Waals surface area contributed by atoms with Gasteiger partial charge in [-0.05, 0) is 110 Å². The molecule has 3 aliphatic heterocycles. The summed E-state index contributed by atoms with van der Waals surface area (Å²) in [7, 11) is 0.